The van der Waals surface area contributed by atoms with Gasteiger partial charge in [-0.15, -0.1) is 0 Å². The van der Waals surface area contributed by atoms with Gasteiger partial charge in [0.15, 0.2) is 11.4 Å². The lowest BCUT2D eigenvalue weighted by Gasteiger charge is -2.00. The molecule has 1 rings (SSSR count). The zero-order valence-corrected chi connectivity index (χ0v) is 7.88. The summed E-state index contributed by atoms with van der Waals surface area (Å²) in [7, 11) is 0. The average Bonchev–Trinajstić information content (AvgIpc) is 2.25. The Morgan fingerprint density at radius 3 is 2.47 bits per heavy atom. The van der Waals surface area contributed by atoms with Gasteiger partial charge in [0.1, 0.15) is 0 Å². The fourth-order valence-electron chi connectivity index (χ4n) is 0.830. The molecule has 1 aromatic heterocycles. The summed E-state index contributed by atoms with van der Waals surface area (Å²) >= 11 is 0. The second-order valence-electron chi connectivity index (χ2n) is 2.43. The molecule has 1 aromatic rings. The molecular weight excluding hydrogens is 200 g/mol. The van der Waals surface area contributed by atoms with Gasteiger partial charge in [0.2, 0.25) is 0 Å². The number of ether oxygens (including phenoxy) is 1. The summed E-state index contributed by atoms with van der Waals surface area (Å²) in [6.45, 7) is 1.65. The van der Waals surface area contributed by atoms with Gasteiger partial charge in [0.05, 0.1) is 6.26 Å². The lowest BCUT2D eigenvalue weighted by Crippen LogP contribution is -2.13. The predicted molar refractivity (Wildman–Crippen MR) is 49.2 cm³/mol. The fraction of sp³-hybridized carbons (Fsp3) is 0.111. The van der Waals surface area contributed by atoms with Crippen molar-refractivity contribution in [3.63, 3.8) is 0 Å². The lowest BCUT2D eigenvalue weighted by molar-refractivity contribution is 0.0621. The smallest absolute Gasteiger partial charge is 0.364 e. The van der Waals surface area contributed by atoms with Gasteiger partial charge in [0.25, 0.3) is 0 Å². The van der Waals surface area contributed by atoms with E-state index in [4.69, 9.17) is 5.11 Å². The molecule has 0 spiro atoms. The number of aromatic carboxylic acids is 1. The van der Waals surface area contributed by atoms with E-state index < -0.39 is 17.6 Å². The molecule has 0 aliphatic heterocycles. The quantitative estimate of drug-likeness (QED) is 0.585. The number of allylic oxidation sites excluding steroid dienone is 1. The van der Waals surface area contributed by atoms with Crippen LogP contribution in [-0.2, 0) is 4.74 Å². The van der Waals surface area contributed by atoms with Crippen molar-refractivity contribution in [2.24, 2.45) is 0 Å². The lowest BCUT2D eigenvalue weighted by atomic mass is 10.3. The van der Waals surface area contributed by atoms with E-state index in [1.165, 1.54) is 18.5 Å². The van der Waals surface area contributed by atoms with Crippen molar-refractivity contribution in [1.82, 2.24) is 9.97 Å². The molecule has 0 bridgehead atoms. The Morgan fingerprint density at radius 2 is 1.93 bits per heavy atom. The first-order valence-corrected chi connectivity index (χ1v) is 4.03. The minimum atomic E-state index is -1.32. The topological polar surface area (TPSA) is 89.4 Å². The van der Waals surface area contributed by atoms with Crippen molar-refractivity contribution in [3.8, 4) is 0 Å². The number of carboxylic acid groups (broad SMARTS) is 1. The highest BCUT2D eigenvalue weighted by Gasteiger charge is 2.19. The average molecular weight is 208 g/mol. The fourth-order valence-corrected chi connectivity index (χ4v) is 0.830. The maximum absolute atomic E-state index is 11.3. The minimum Gasteiger partial charge on any atom is -0.476 e. The van der Waals surface area contributed by atoms with Gasteiger partial charge >= 0.3 is 11.9 Å². The predicted octanol–water partition coefficient (Wildman–Crippen LogP) is 0.865. The summed E-state index contributed by atoms with van der Waals surface area (Å²) < 4.78 is 4.58. The van der Waals surface area contributed by atoms with Crippen LogP contribution in [0.1, 0.15) is 27.9 Å². The van der Waals surface area contributed by atoms with E-state index in [0.717, 1.165) is 6.26 Å². The van der Waals surface area contributed by atoms with E-state index in [2.05, 4.69) is 14.7 Å². The normalized spacial score (nSPS) is 10.2. The third-order valence-corrected chi connectivity index (χ3v) is 1.41. The van der Waals surface area contributed by atoms with E-state index in [1.807, 2.05) is 0 Å². The Hall–Kier alpha value is -2.24. The summed E-state index contributed by atoms with van der Waals surface area (Å²) in [6, 6.07) is 0. The van der Waals surface area contributed by atoms with Crippen LogP contribution in [0.3, 0.4) is 0 Å². The van der Waals surface area contributed by atoms with E-state index in [-0.39, 0.29) is 5.69 Å². The van der Waals surface area contributed by atoms with Gasteiger partial charge in [-0.3, -0.25) is 0 Å². The van der Waals surface area contributed by atoms with Crippen LogP contribution in [0.25, 0.3) is 0 Å². The first-order chi connectivity index (χ1) is 7.16. The van der Waals surface area contributed by atoms with Crippen LogP contribution in [0.15, 0.2) is 24.7 Å². The van der Waals surface area contributed by atoms with Crippen LogP contribution in [-0.4, -0.2) is 27.0 Å². The van der Waals surface area contributed by atoms with E-state index >= 15 is 0 Å². The van der Waals surface area contributed by atoms with Gasteiger partial charge in [-0.1, -0.05) is 6.08 Å². The SMILES string of the molecule is CC=COC(=O)c1nccnc1C(=O)O. The number of carbonyl (C=O) groups is 2. The Morgan fingerprint density at radius 1 is 1.33 bits per heavy atom. The Kier molecular flexibility index (Phi) is 3.50. The summed E-state index contributed by atoms with van der Waals surface area (Å²) in [4.78, 5) is 29.1. The molecule has 1 N–H and O–H groups in total. The van der Waals surface area contributed by atoms with Crippen molar-refractivity contribution in [2.45, 2.75) is 6.92 Å². The summed E-state index contributed by atoms with van der Waals surface area (Å²) in [5.41, 5.74) is -0.741. The van der Waals surface area contributed by atoms with Crippen LogP contribution in [0.4, 0.5) is 0 Å². The summed E-state index contributed by atoms with van der Waals surface area (Å²) in [5.74, 6) is -2.17. The molecular formula is C9H8N2O4. The van der Waals surface area contributed by atoms with Crippen LogP contribution in [0.5, 0.6) is 0 Å². The van der Waals surface area contributed by atoms with Gasteiger partial charge in [-0.05, 0) is 6.92 Å². The van der Waals surface area contributed by atoms with Crippen molar-refractivity contribution in [1.29, 1.82) is 0 Å². The van der Waals surface area contributed by atoms with Crippen LogP contribution in [0.2, 0.25) is 0 Å². The largest absolute Gasteiger partial charge is 0.476 e. The molecule has 6 nitrogen and oxygen atoms in total. The van der Waals surface area contributed by atoms with E-state index in [0.29, 0.717) is 0 Å². The number of hydrogen-bond donors (Lipinski definition) is 1. The van der Waals surface area contributed by atoms with Gasteiger partial charge in [-0.25, -0.2) is 19.6 Å². The molecule has 0 radical (unpaired) electrons. The Balaban J connectivity index is 3.02. The summed E-state index contributed by atoms with van der Waals surface area (Å²) in [5, 5.41) is 8.71. The van der Waals surface area contributed by atoms with Crippen molar-refractivity contribution in [3.05, 3.63) is 36.1 Å². The second kappa shape index (κ2) is 4.85. The molecule has 0 aliphatic rings. The molecule has 0 amide bonds. The van der Waals surface area contributed by atoms with Crippen LogP contribution >= 0.6 is 0 Å². The third-order valence-electron chi connectivity index (χ3n) is 1.41. The maximum Gasteiger partial charge on any atom is 0.364 e. The maximum atomic E-state index is 11.3. The molecule has 0 aliphatic carbocycles. The highest BCUT2D eigenvalue weighted by atomic mass is 16.5. The molecule has 6 heteroatoms. The molecule has 0 aromatic carbocycles. The van der Waals surface area contributed by atoms with Crippen LogP contribution < -0.4 is 0 Å². The van der Waals surface area contributed by atoms with E-state index in [9.17, 15) is 9.59 Å². The Bertz CT molecular complexity index is 414. The van der Waals surface area contributed by atoms with Crippen molar-refractivity contribution in [2.75, 3.05) is 0 Å². The van der Waals surface area contributed by atoms with Crippen molar-refractivity contribution >= 4 is 11.9 Å². The number of carboxylic acids is 1. The monoisotopic (exact) mass is 208 g/mol. The first kappa shape index (κ1) is 10.8. The number of nitrogens with zero attached hydrogens (tertiary/aromatic N) is 2. The molecule has 0 saturated carbocycles. The second-order valence-corrected chi connectivity index (χ2v) is 2.43. The minimum absolute atomic E-state index is 0.317. The van der Waals surface area contributed by atoms with Crippen molar-refractivity contribution < 1.29 is 19.4 Å². The van der Waals surface area contributed by atoms with Gasteiger partial charge in [0, 0.05) is 12.4 Å². The van der Waals surface area contributed by atoms with Gasteiger partial charge < -0.3 is 9.84 Å². The molecule has 0 fully saturated rings. The third kappa shape index (κ3) is 2.60. The first-order valence-electron chi connectivity index (χ1n) is 4.03. The number of hydrogen-bond acceptors (Lipinski definition) is 5. The molecule has 0 saturated heterocycles. The number of esters is 1. The molecule has 0 atom stereocenters. The molecule has 78 valence electrons. The molecule has 0 unspecified atom stereocenters. The van der Waals surface area contributed by atoms with Crippen LogP contribution in [0, 0.1) is 0 Å². The number of rotatable bonds is 3. The molecule has 1 heterocycles. The molecule has 15 heavy (non-hydrogen) atoms. The highest BCUT2D eigenvalue weighted by Crippen LogP contribution is 2.03. The Labute approximate surface area is 85.2 Å². The zero-order valence-electron chi connectivity index (χ0n) is 7.88. The van der Waals surface area contributed by atoms with E-state index in [1.54, 1.807) is 6.92 Å². The zero-order chi connectivity index (χ0) is 11.3. The highest BCUT2D eigenvalue weighted by molar-refractivity contribution is 5.99. The summed E-state index contributed by atoms with van der Waals surface area (Å²) in [6.07, 6.45) is 5.05. The standard InChI is InChI=1S/C9H8N2O4/c1-2-5-15-9(14)7-6(8(12)13)10-3-4-11-7/h2-5H,1H3,(H,12,13). The number of aromatic nitrogens is 2. The van der Waals surface area contributed by atoms with Gasteiger partial charge in [-0.2, -0.15) is 0 Å². The number of carbonyl (C=O) groups excluding carboxylic acids is 1.